The molecule has 2 aromatic rings. The standard InChI is InChI=1S/C17H13ClF3NO3S/c18-12-5-1-10(2-6-12)15(26-9-14(23)24)16(25)22-13-7-3-11(4-8-13)17(19,20)21/h1-8,15H,9H2,(H,22,25)(H,23,24)/t15-/m1/s1. The number of carbonyl (C=O) groups excluding carboxylic acids is 1. The lowest BCUT2D eigenvalue weighted by Crippen LogP contribution is -2.20. The van der Waals surface area contributed by atoms with E-state index in [4.69, 9.17) is 16.7 Å². The molecule has 2 aromatic carbocycles. The van der Waals surface area contributed by atoms with E-state index >= 15 is 0 Å². The molecule has 0 aliphatic heterocycles. The van der Waals surface area contributed by atoms with Crippen LogP contribution in [0.2, 0.25) is 5.02 Å². The predicted octanol–water partition coefficient (Wildman–Crippen LogP) is 4.86. The zero-order chi connectivity index (χ0) is 19.3. The molecule has 0 aromatic heterocycles. The molecule has 0 spiro atoms. The van der Waals surface area contributed by atoms with Crippen LogP contribution in [0.15, 0.2) is 48.5 Å². The second kappa shape index (κ2) is 8.46. The number of anilines is 1. The van der Waals surface area contributed by atoms with Crippen LogP contribution in [0.1, 0.15) is 16.4 Å². The van der Waals surface area contributed by atoms with Gasteiger partial charge in [0, 0.05) is 10.7 Å². The summed E-state index contributed by atoms with van der Waals surface area (Å²) in [6, 6.07) is 10.3. The largest absolute Gasteiger partial charge is 0.481 e. The van der Waals surface area contributed by atoms with Crippen LogP contribution < -0.4 is 5.32 Å². The monoisotopic (exact) mass is 403 g/mol. The van der Waals surface area contributed by atoms with Gasteiger partial charge in [0.1, 0.15) is 5.25 Å². The minimum Gasteiger partial charge on any atom is -0.481 e. The molecule has 1 amide bonds. The van der Waals surface area contributed by atoms with Gasteiger partial charge in [0.25, 0.3) is 0 Å². The molecule has 0 saturated carbocycles. The van der Waals surface area contributed by atoms with Crippen LogP contribution in [0.5, 0.6) is 0 Å². The molecule has 26 heavy (non-hydrogen) atoms. The number of rotatable bonds is 6. The van der Waals surface area contributed by atoms with Crippen LogP contribution in [-0.2, 0) is 15.8 Å². The first-order chi connectivity index (χ1) is 12.2. The Kier molecular flexibility index (Phi) is 6.55. The van der Waals surface area contributed by atoms with Gasteiger partial charge in [-0.3, -0.25) is 9.59 Å². The number of hydrogen-bond acceptors (Lipinski definition) is 3. The summed E-state index contributed by atoms with van der Waals surface area (Å²) in [4.78, 5) is 23.3. The van der Waals surface area contributed by atoms with Crippen molar-refractivity contribution in [3.05, 3.63) is 64.7 Å². The van der Waals surface area contributed by atoms with Crippen LogP contribution in [0, 0.1) is 0 Å². The molecule has 0 aliphatic rings. The highest BCUT2D eigenvalue weighted by molar-refractivity contribution is 8.00. The van der Waals surface area contributed by atoms with E-state index in [0.717, 1.165) is 36.0 Å². The second-order valence-electron chi connectivity index (χ2n) is 5.20. The number of alkyl halides is 3. The number of carbonyl (C=O) groups is 2. The highest BCUT2D eigenvalue weighted by Gasteiger charge is 2.30. The summed E-state index contributed by atoms with van der Waals surface area (Å²) in [5, 5.41) is 11.0. The average molecular weight is 404 g/mol. The summed E-state index contributed by atoms with van der Waals surface area (Å²) in [7, 11) is 0. The maximum atomic E-state index is 12.6. The van der Waals surface area contributed by atoms with Crippen molar-refractivity contribution in [3.8, 4) is 0 Å². The SMILES string of the molecule is O=C(O)CS[C@@H](C(=O)Nc1ccc(C(F)(F)F)cc1)c1ccc(Cl)cc1. The molecular formula is C17H13ClF3NO3S. The Balaban J connectivity index is 2.17. The third-order valence-electron chi connectivity index (χ3n) is 3.26. The molecule has 4 nitrogen and oxygen atoms in total. The van der Waals surface area contributed by atoms with Crippen molar-refractivity contribution >= 4 is 40.9 Å². The molecule has 2 N–H and O–H groups in total. The number of hydrogen-bond donors (Lipinski definition) is 2. The molecule has 0 unspecified atom stereocenters. The highest BCUT2D eigenvalue weighted by Crippen LogP contribution is 2.32. The maximum absolute atomic E-state index is 12.6. The number of carboxylic acid groups (broad SMARTS) is 1. The Labute approximate surface area is 156 Å². The fourth-order valence-corrected chi connectivity index (χ4v) is 3.06. The molecule has 138 valence electrons. The molecule has 0 fully saturated rings. The zero-order valence-electron chi connectivity index (χ0n) is 13.1. The van der Waals surface area contributed by atoms with Crippen molar-refractivity contribution in [2.75, 3.05) is 11.1 Å². The van der Waals surface area contributed by atoms with Gasteiger partial charge < -0.3 is 10.4 Å². The normalized spacial score (nSPS) is 12.5. The van der Waals surface area contributed by atoms with E-state index in [0.29, 0.717) is 10.6 Å². The Hall–Kier alpha value is -2.19. The Morgan fingerprint density at radius 2 is 1.65 bits per heavy atom. The van der Waals surface area contributed by atoms with E-state index in [-0.39, 0.29) is 11.4 Å². The van der Waals surface area contributed by atoms with Gasteiger partial charge in [0.2, 0.25) is 5.91 Å². The summed E-state index contributed by atoms with van der Waals surface area (Å²) in [5.74, 6) is -1.94. The van der Waals surface area contributed by atoms with Gasteiger partial charge in [-0.2, -0.15) is 13.2 Å². The number of benzene rings is 2. The quantitative estimate of drug-likeness (QED) is 0.723. The lowest BCUT2D eigenvalue weighted by Gasteiger charge is -2.17. The number of amides is 1. The summed E-state index contributed by atoms with van der Waals surface area (Å²) in [5.41, 5.74) is -0.118. The molecule has 1 atom stereocenters. The van der Waals surface area contributed by atoms with Crippen LogP contribution in [0.4, 0.5) is 18.9 Å². The highest BCUT2D eigenvalue weighted by atomic mass is 35.5. The summed E-state index contributed by atoms with van der Waals surface area (Å²) >= 11 is 6.70. The zero-order valence-corrected chi connectivity index (χ0v) is 14.7. The van der Waals surface area contributed by atoms with E-state index in [1.165, 1.54) is 0 Å². The fourth-order valence-electron chi connectivity index (χ4n) is 2.07. The van der Waals surface area contributed by atoms with Gasteiger partial charge in [-0.15, -0.1) is 11.8 Å². The van der Waals surface area contributed by atoms with Crippen molar-refractivity contribution in [2.24, 2.45) is 0 Å². The lowest BCUT2D eigenvalue weighted by atomic mass is 10.1. The third kappa shape index (κ3) is 5.67. The first-order valence-corrected chi connectivity index (χ1v) is 8.66. The summed E-state index contributed by atoms with van der Waals surface area (Å²) < 4.78 is 37.7. The number of carboxylic acids is 1. The number of nitrogens with one attached hydrogen (secondary N) is 1. The number of thioether (sulfide) groups is 1. The van der Waals surface area contributed by atoms with Gasteiger partial charge in [-0.1, -0.05) is 23.7 Å². The van der Waals surface area contributed by atoms with Gasteiger partial charge in [-0.05, 0) is 42.0 Å². The molecule has 2 rings (SSSR count). The van der Waals surface area contributed by atoms with E-state index in [1.807, 2.05) is 0 Å². The van der Waals surface area contributed by atoms with Gasteiger partial charge in [0.15, 0.2) is 0 Å². The van der Waals surface area contributed by atoms with Gasteiger partial charge >= 0.3 is 12.1 Å². The van der Waals surface area contributed by atoms with E-state index < -0.39 is 28.9 Å². The summed E-state index contributed by atoms with van der Waals surface area (Å²) in [6.45, 7) is 0. The molecule has 0 saturated heterocycles. The fraction of sp³-hybridized carbons (Fsp3) is 0.176. The van der Waals surface area contributed by atoms with Crippen LogP contribution >= 0.6 is 23.4 Å². The topological polar surface area (TPSA) is 66.4 Å². The van der Waals surface area contributed by atoms with Crippen molar-refractivity contribution in [2.45, 2.75) is 11.4 Å². The Morgan fingerprint density at radius 1 is 1.08 bits per heavy atom. The molecule has 0 bridgehead atoms. The third-order valence-corrected chi connectivity index (χ3v) is 4.75. The number of halogens is 4. The van der Waals surface area contributed by atoms with Crippen molar-refractivity contribution < 1.29 is 27.9 Å². The van der Waals surface area contributed by atoms with Gasteiger partial charge in [0.05, 0.1) is 11.3 Å². The van der Waals surface area contributed by atoms with E-state index in [1.54, 1.807) is 24.3 Å². The van der Waals surface area contributed by atoms with Crippen LogP contribution in [0.25, 0.3) is 0 Å². The van der Waals surface area contributed by atoms with E-state index in [9.17, 15) is 22.8 Å². The summed E-state index contributed by atoms with van der Waals surface area (Å²) in [6.07, 6.45) is -4.47. The molecule has 0 heterocycles. The van der Waals surface area contributed by atoms with Crippen molar-refractivity contribution in [1.82, 2.24) is 0 Å². The molecule has 0 radical (unpaired) electrons. The van der Waals surface area contributed by atoms with Crippen LogP contribution in [0.3, 0.4) is 0 Å². The minimum atomic E-state index is -4.47. The Bertz CT molecular complexity index is 779. The van der Waals surface area contributed by atoms with Crippen LogP contribution in [-0.4, -0.2) is 22.7 Å². The first kappa shape index (κ1) is 20.1. The molecule has 0 aliphatic carbocycles. The molecule has 9 heteroatoms. The smallest absolute Gasteiger partial charge is 0.416 e. The van der Waals surface area contributed by atoms with Gasteiger partial charge in [-0.25, -0.2) is 0 Å². The molecular weight excluding hydrogens is 391 g/mol. The Morgan fingerprint density at radius 3 is 2.15 bits per heavy atom. The van der Waals surface area contributed by atoms with E-state index in [2.05, 4.69) is 5.32 Å². The maximum Gasteiger partial charge on any atom is 0.416 e. The van der Waals surface area contributed by atoms with Crippen molar-refractivity contribution in [3.63, 3.8) is 0 Å². The average Bonchev–Trinajstić information content (AvgIpc) is 2.56. The predicted molar refractivity (Wildman–Crippen MR) is 94.4 cm³/mol. The minimum absolute atomic E-state index is 0.179. The lowest BCUT2D eigenvalue weighted by molar-refractivity contribution is -0.137. The number of aliphatic carboxylic acids is 1. The first-order valence-electron chi connectivity index (χ1n) is 7.24. The van der Waals surface area contributed by atoms with Crippen molar-refractivity contribution in [1.29, 1.82) is 0 Å². The second-order valence-corrected chi connectivity index (χ2v) is 6.73.